The summed E-state index contributed by atoms with van der Waals surface area (Å²) < 4.78 is 5.17. The second-order valence-corrected chi connectivity index (χ2v) is 9.09. The molecule has 0 saturated heterocycles. The van der Waals surface area contributed by atoms with Gasteiger partial charge in [-0.25, -0.2) is 9.78 Å². The van der Waals surface area contributed by atoms with Crippen molar-refractivity contribution in [2.45, 2.75) is 23.5 Å². The number of anilines is 2. The molecule has 3 rings (SSSR count). The fourth-order valence-electron chi connectivity index (χ4n) is 2.88. The molecule has 2 amide bonds. The summed E-state index contributed by atoms with van der Waals surface area (Å²) in [5, 5.41) is 16.1. The number of rotatable bonds is 10. The van der Waals surface area contributed by atoms with E-state index in [4.69, 9.17) is 9.84 Å². The van der Waals surface area contributed by atoms with Crippen LogP contribution in [0, 0.1) is 0 Å². The molecule has 8 nitrogen and oxygen atoms in total. The smallest absolute Gasteiger partial charge is 0.328 e. The highest BCUT2D eigenvalue weighted by molar-refractivity contribution is 8.00. The summed E-state index contributed by atoms with van der Waals surface area (Å²) in [6, 6.07) is 14.6. The van der Waals surface area contributed by atoms with E-state index in [0.29, 0.717) is 17.2 Å². The van der Waals surface area contributed by atoms with Crippen molar-refractivity contribution in [1.82, 2.24) is 4.98 Å². The number of carboxylic acid groups (broad SMARTS) is 1. The van der Waals surface area contributed by atoms with Crippen LogP contribution < -0.4 is 15.4 Å². The molecule has 0 fully saturated rings. The van der Waals surface area contributed by atoms with Crippen molar-refractivity contribution in [3.05, 3.63) is 66.1 Å². The number of aromatic nitrogens is 1. The second kappa shape index (κ2) is 12.0. The van der Waals surface area contributed by atoms with Gasteiger partial charge in [0.25, 0.3) is 0 Å². The number of carbonyl (C=O) groups excluding carboxylic acids is 2. The van der Waals surface area contributed by atoms with Gasteiger partial charge in [0, 0.05) is 33.7 Å². The van der Waals surface area contributed by atoms with Crippen molar-refractivity contribution in [2.24, 2.45) is 0 Å². The number of methoxy groups -OCH3 is 1. The molecule has 0 spiro atoms. The summed E-state index contributed by atoms with van der Waals surface area (Å²) in [5.74, 6) is -1.16. The zero-order valence-electron chi connectivity index (χ0n) is 18.5. The average Bonchev–Trinajstić information content (AvgIpc) is 3.30. The molecule has 0 aliphatic rings. The fourth-order valence-corrected chi connectivity index (χ4v) is 4.61. The lowest BCUT2D eigenvalue weighted by Gasteiger charge is -2.14. The number of carboxylic acids is 1. The molecule has 0 radical (unpaired) electrons. The highest BCUT2D eigenvalue weighted by atomic mass is 32.2. The largest absolute Gasteiger partial charge is 0.497 e. The Balaban J connectivity index is 1.62. The lowest BCUT2D eigenvalue weighted by molar-refractivity contribution is -0.131. The number of thiazole rings is 1. The number of nitrogens with zero attached hydrogens (tertiary/aromatic N) is 1. The normalized spacial score (nSPS) is 11.7. The highest BCUT2D eigenvalue weighted by Crippen LogP contribution is 2.30. The van der Waals surface area contributed by atoms with Gasteiger partial charge < -0.3 is 20.5 Å². The van der Waals surface area contributed by atoms with E-state index in [0.717, 1.165) is 34.1 Å². The van der Waals surface area contributed by atoms with Gasteiger partial charge >= 0.3 is 5.97 Å². The zero-order chi connectivity index (χ0) is 24.5. The van der Waals surface area contributed by atoms with Gasteiger partial charge in [0.05, 0.1) is 18.1 Å². The fraction of sp³-hybridized carbons (Fsp3) is 0.167. The van der Waals surface area contributed by atoms with Crippen molar-refractivity contribution in [3.63, 3.8) is 0 Å². The number of benzene rings is 2. The number of aliphatic carboxylic acids is 1. The maximum absolute atomic E-state index is 12.9. The summed E-state index contributed by atoms with van der Waals surface area (Å²) in [6.07, 6.45) is 2.30. The van der Waals surface area contributed by atoms with Gasteiger partial charge in [0.2, 0.25) is 11.8 Å². The molecule has 10 heteroatoms. The molecule has 176 valence electrons. The predicted octanol–water partition coefficient (Wildman–Crippen LogP) is 4.91. The SMILES string of the molecule is CCC(Sc1cccc(NC(=O)/C=C/C(=O)O)c1)C(=O)Nc1nc(-c2ccc(OC)cc2)cs1. The van der Waals surface area contributed by atoms with Crippen molar-refractivity contribution in [3.8, 4) is 17.0 Å². The Kier molecular flexibility index (Phi) is 8.83. The number of thioether (sulfide) groups is 1. The molecule has 1 atom stereocenters. The first-order chi connectivity index (χ1) is 16.4. The van der Waals surface area contributed by atoms with Crippen LogP contribution >= 0.6 is 23.1 Å². The summed E-state index contributed by atoms with van der Waals surface area (Å²) in [7, 11) is 1.61. The summed E-state index contributed by atoms with van der Waals surface area (Å²) in [5.41, 5.74) is 2.20. The van der Waals surface area contributed by atoms with Crippen LogP contribution in [0.25, 0.3) is 11.3 Å². The topological polar surface area (TPSA) is 118 Å². The third kappa shape index (κ3) is 7.19. The van der Waals surface area contributed by atoms with E-state index in [2.05, 4.69) is 15.6 Å². The van der Waals surface area contributed by atoms with Crippen LogP contribution in [-0.2, 0) is 14.4 Å². The van der Waals surface area contributed by atoms with Gasteiger partial charge in [-0.1, -0.05) is 13.0 Å². The lowest BCUT2D eigenvalue weighted by Crippen LogP contribution is -2.24. The zero-order valence-corrected chi connectivity index (χ0v) is 20.1. The van der Waals surface area contributed by atoms with Gasteiger partial charge in [-0.05, 0) is 48.9 Å². The molecule has 0 saturated carbocycles. The molecule has 0 aliphatic carbocycles. The number of hydrogen-bond donors (Lipinski definition) is 3. The van der Waals surface area contributed by atoms with Crippen LogP contribution in [0.3, 0.4) is 0 Å². The second-order valence-electron chi connectivity index (χ2n) is 6.96. The third-order valence-electron chi connectivity index (χ3n) is 4.54. The molecule has 3 aromatic rings. The minimum absolute atomic E-state index is 0.165. The Morgan fingerprint density at radius 1 is 1.15 bits per heavy atom. The molecule has 1 aromatic heterocycles. The maximum atomic E-state index is 12.9. The van der Waals surface area contributed by atoms with Crippen LogP contribution in [0.15, 0.2) is 71.0 Å². The molecule has 0 bridgehead atoms. The van der Waals surface area contributed by atoms with Crippen LogP contribution in [0.5, 0.6) is 5.75 Å². The summed E-state index contributed by atoms with van der Waals surface area (Å²) >= 11 is 2.72. The number of carbonyl (C=O) groups is 3. The van der Waals surface area contributed by atoms with Crippen LogP contribution in [-0.4, -0.2) is 40.2 Å². The van der Waals surface area contributed by atoms with E-state index in [-0.39, 0.29) is 11.2 Å². The van der Waals surface area contributed by atoms with Gasteiger partial charge in [-0.15, -0.1) is 23.1 Å². The first-order valence-electron chi connectivity index (χ1n) is 10.3. The van der Waals surface area contributed by atoms with Gasteiger partial charge in [-0.3, -0.25) is 9.59 Å². The van der Waals surface area contributed by atoms with Crippen molar-refractivity contribution < 1.29 is 24.2 Å². The summed E-state index contributed by atoms with van der Waals surface area (Å²) in [6.45, 7) is 1.92. The first kappa shape index (κ1) is 25.0. The van der Waals surface area contributed by atoms with Gasteiger partial charge in [0.1, 0.15) is 5.75 Å². The van der Waals surface area contributed by atoms with Gasteiger partial charge in [0.15, 0.2) is 5.13 Å². The Hall–Kier alpha value is -3.63. The Morgan fingerprint density at radius 3 is 2.59 bits per heavy atom. The van der Waals surface area contributed by atoms with Crippen LogP contribution in [0.4, 0.5) is 10.8 Å². The Morgan fingerprint density at radius 2 is 1.91 bits per heavy atom. The van der Waals surface area contributed by atoms with E-state index >= 15 is 0 Å². The summed E-state index contributed by atoms with van der Waals surface area (Å²) in [4.78, 5) is 40.5. The maximum Gasteiger partial charge on any atom is 0.328 e. The number of hydrogen-bond acceptors (Lipinski definition) is 7. The molecule has 0 aliphatic heterocycles. The molecule has 2 aromatic carbocycles. The molecular weight excluding hydrogens is 474 g/mol. The number of nitrogens with one attached hydrogen (secondary N) is 2. The lowest BCUT2D eigenvalue weighted by atomic mass is 10.2. The van der Waals surface area contributed by atoms with E-state index in [1.807, 2.05) is 42.6 Å². The van der Waals surface area contributed by atoms with Crippen LogP contribution in [0.2, 0.25) is 0 Å². The quantitative estimate of drug-likeness (QED) is 0.269. The molecule has 1 unspecified atom stereocenters. The van der Waals surface area contributed by atoms with Crippen molar-refractivity contribution in [1.29, 1.82) is 0 Å². The standard InChI is InChI=1S/C24H23N3O5S2/c1-3-20(34-18-6-4-5-16(13-18)25-21(28)11-12-22(29)30)23(31)27-24-26-19(14-33-24)15-7-9-17(32-2)10-8-15/h4-14,20H,3H2,1-2H3,(H,25,28)(H,29,30)(H,26,27,31)/b12-11+. The average molecular weight is 498 g/mol. The first-order valence-corrected chi connectivity index (χ1v) is 12.0. The minimum Gasteiger partial charge on any atom is -0.497 e. The monoisotopic (exact) mass is 497 g/mol. The molecule has 34 heavy (non-hydrogen) atoms. The molecule has 3 N–H and O–H groups in total. The number of ether oxygens (including phenoxy) is 1. The molecule has 1 heterocycles. The van der Waals surface area contributed by atoms with Crippen LogP contribution in [0.1, 0.15) is 13.3 Å². The van der Waals surface area contributed by atoms with E-state index in [1.54, 1.807) is 25.3 Å². The van der Waals surface area contributed by atoms with E-state index in [9.17, 15) is 14.4 Å². The Labute approximate surface area is 205 Å². The van der Waals surface area contributed by atoms with Crippen molar-refractivity contribution >= 4 is 51.7 Å². The minimum atomic E-state index is -1.20. The van der Waals surface area contributed by atoms with Gasteiger partial charge in [-0.2, -0.15) is 0 Å². The third-order valence-corrected chi connectivity index (χ3v) is 6.66. The predicted molar refractivity (Wildman–Crippen MR) is 135 cm³/mol. The Bertz CT molecular complexity index is 1190. The highest BCUT2D eigenvalue weighted by Gasteiger charge is 2.20. The molecular formula is C24H23N3O5S2. The number of amides is 2. The van der Waals surface area contributed by atoms with E-state index < -0.39 is 11.9 Å². The van der Waals surface area contributed by atoms with E-state index in [1.165, 1.54) is 23.1 Å². The van der Waals surface area contributed by atoms with Crippen molar-refractivity contribution in [2.75, 3.05) is 17.7 Å².